The van der Waals surface area contributed by atoms with E-state index in [4.69, 9.17) is 4.74 Å². The molecule has 0 heterocycles. The lowest BCUT2D eigenvalue weighted by Gasteiger charge is -2.45. The van der Waals surface area contributed by atoms with Crippen molar-refractivity contribution < 1.29 is 9.53 Å². The Morgan fingerprint density at radius 1 is 1.29 bits per heavy atom. The highest BCUT2D eigenvalue weighted by molar-refractivity contribution is 5.79. The van der Waals surface area contributed by atoms with E-state index < -0.39 is 0 Å². The second kappa shape index (κ2) is 3.11. The number of allylic oxidation sites excluding steroid dienone is 1. The molecule has 1 fully saturated rings. The fraction of sp³-hybridized carbons (Fsp3) is 0.750. The maximum absolute atomic E-state index is 11.8. The summed E-state index contributed by atoms with van der Waals surface area (Å²) in [4.78, 5) is 11.8. The van der Waals surface area contributed by atoms with Gasteiger partial charge in [-0.15, -0.1) is 0 Å². The van der Waals surface area contributed by atoms with Crippen LogP contribution in [-0.4, -0.2) is 12.6 Å². The zero-order valence-corrected chi connectivity index (χ0v) is 9.01. The van der Waals surface area contributed by atoms with Crippen LogP contribution in [0, 0.1) is 10.8 Å². The van der Waals surface area contributed by atoms with E-state index in [2.05, 4.69) is 19.1 Å². The molecule has 3 rings (SSSR count). The van der Waals surface area contributed by atoms with E-state index >= 15 is 0 Å². The number of ether oxygens (including phenoxy) is 1. The zero-order chi connectivity index (χ0) is 10.2. The monoisotopic (exact) mass is 194 g/mol. The summed E-state index contributed by atoms with van der Waals surface area (Å²) in [5, 5.41) is 0. The number of rotatable bonds is 2. The summed E-state index contributed by atoms with van der Waals surface area (Å²) in [6.07, 6.45) is 8.51. The zero-order valence-electron chi connectivity index (χ0n) is 9.01. The van der Waals surface area contributed by atoms with Crippen LogP contribution < -0.4 is 0 Å². The second-order valence-electron chi connectivity index (χ2n) is 4.86. The average Bonchev–Trinajstić information content (AvgIpc) is 2.20. The Labute approximate surface area is 85.3 Å². The molecule has 0 radical (unpaired) electrons. The molecule has 0 aromatic heterocycles. The van der Waals surface area contributed by atoms with Crippen LogP contribution in [0.3, 0.4) is 0 Å². The molecule has 3 aliphatic carbocycles. The molecule has 2 bridgehead atoms. The van der Waals surface area contributed by atoms with Crippen LogP contribution in [0.2, 0.25) is 0 Å². The van der Waals surface area contributed by atoms with Gasteiger partial charge in [-0.05, 0) is 38.0 Å². The van der Waals surface area contributed by atoms with Crippen molar-refractivity contribution in [3.05, 3.63) is 12.2 Å². The van der Waals surface area contributed by atoms with Gasteiger partial charge in [-0.2, -0.15) is 0 Å². The third kappa shape index (κ3) is 1.37. The number of hydrogen-bond donors (Lipinski definition) is 0. The minimum atomic E-state index is -0.270. The Balaban J connectivity index is 2.19. The molecular formula is C12H18O2. The second-order valence-corrected chi connectivity index (χ2v) is 4.86. The van der Waals surface area contributed by atoms with Gasteiger partial charge >= 0.3 is 5.97 Å². The number of fused-ring (bicyclic) bond motifs is 2. The van der Waals surface area contributed by atoms with E-state index in [0.29, 0.717) is 12.0 Å². The molecule has 78 valence electrons. The number of carbonyl (C=O) groups is 1. The van der Waals surface area contributed by atoms with Gasteiger partial charge in [-0.3, -0.25) is 4.79 Å². The molecule has 0 aromatic carbocycles. The summed E-state index contributed by atoms with van der Waals surface area (Å²) in [5.74, 6) is -0.0157. The van der Waals surface area contributed by atoms with Gasteiger partial charge in [0.15, 0.2) is 0 Å². The molecule has 2 nitrogen and oxygen atoms in total. The van der Waals surface area contributed by atoms with Gasteiger partial charge in [-0.1, -0.05) is 19.1 Å². The van der Waals surface area contributed by atoms with Crippen molar-refractivity contribution >= 4 is 5.97 Å². The number of carbonyl (C=O) groups excluding carboxylic acids is 1. The van der Waals surface area contributed by atoms with Crippen molar-refractivity contribution in [3.63, 3.8) is 0 Å². The summed E-state index contributed by atoms with van der Waals surface area (Å²) in [5.41, 5.74) is 0.0853. The third-order valence-electron chi connectivity index (χ3n) is 3.77. The summed E-state index contributed by atoms with van der Waals surface area (Å²) in [7, 11) is 0. The molecule has 0 unspecified atom stereocenters. The highest BCUT2D eigenvalue weighted by Gasteiger charge is 2.47. The Bertz CT molecular complexity index is 270. The molecular weight excluding hydrogens is 176 g/mol. The lowest BCUT2D eigenvalue weighted by atomic mass is 9.59. The van der Waals surface area contributed by atoms with Gasteiger partial charge in [0.1, 0.15) is 0 Å². The predicted molar refractivity (Wildman–Crippen MR) is 54.8 cm³/mol. The van der Waals surface area contributed by atoms with E-state index in [1.165, 1.54) is 0 Å². The molecule has 0 aliphatic heterocycles. The van der Waals surface area contributed by atoms with Crippen LogP contribution in [0.25, 0.3) is 0 Å². The van der Waals surface area contributed by atoms with E-state index in [9.17, 15) is 4.79 Å². The molecule has 2 heteroatoms. The van der Waals surface area contributed by atoms with E-state index in [0.717, 1.165) is 25.7 Å². The summed E-state index contributed by atoms with van der Waals surface area (Å²) >= 11 is 0. The van der Waals surface area contributed by atoms with Crippen molar-refractivity contribution in [2.75, 3.05) is 6.61 Å². The molecule has 0 aromatic rings. The van der Waals surface area contributed by atoms with Crippen LogP contribution >= 0.6 is 0 Å². The first-order valence-electron chi connectivity index (χ1n) is 5.48. The topological polar surface area (TPSA) is 26.3 Å². The van der Waals surface area contributed by atoms with E-state index in [1.54, 1.807) is 0 Å². The Hall–Kier alpha value is -0.790. The third-order valence-corrected chi connectivity index (χ3v) is 3.77. The minimum Gasteiger partial charge on any atom is -0.465 e. The first-order valence-corrected chi connectivity index (χ1v) is 5.48. The van der Waals surface area contributed by atoms with Gasteiger partial charge in [0.2, 0.25) is 0 Å². The van der Waals surface area contributed by atoms with Gasteiger partial charge in [0.25, 0.3) is 0 Å². The summed E-state index contributed by atoms with van der Waals surface area (Å²) < 4.78 is 5.14. The Kier molecular flexibility index (Phi) is 2.17. The Morgan fingerprint density at radius 3 is 2.36 bits per heavy atom. The molecule has 1 saturated carbocycles. The first kappa shape index (κ1) is 9.75. The lowest BCUT2D eigenvalue weighted by molar-refractivity contribution is -0.155. The van der Waals surface area contributed by atoms with E-state index in [-0.39, 0.29) is 11.4 Å². The summed E-state index contributed by atoms with van der Waals surface area (Å²) in [6, 6.07) is 0. The normalized spacial score (nSPS) is 39.9. The quantitative estimate of drug-likeness (QED) is 0.499. The van der Waals surface area contributed by atoms with Gasteiger partial charge in [-0.25, -0.2) is 0 Å². The Morgan fingerprint density at radius 2 is 1.93 bits per heavy atom. The molecule has 0 N–H and O–H groups in total. The van der Waals surface area contributed by atoms with Crippen LogP contribution in [0.1, 0.15) is 39.5 Å². The fourth-order valence-electron chi connectivity index (χ4n) is 2.51. The predicted octanol–water partition coefficient (Wildman–Crippen LogP) is 2.69. The SMILES string of the molecule is CCOC(=O)C12C=CC(C)(CC1)CC2. The lowest BCUT2D eigenvalue weighted by Crippen LogP contribution is -2.41. The van der Waals surface area contributed by atoms with E-state index in [1.807, 2.05) is 6.92 Å². The van der Waals surface area contributed by atoms with Crippen LogP contribution in [0.15, 0.2) is 12.2 Å². The van der Waals surface area contributed by atoms with Crippen molar-refractivity contribution in [1.82, 2.24) is 0 Å². The first-order chi connectivity index (χ1) is 6.60. The van der Waals surface area contributed by atoms with Crippen molar-refractivity contribution in [2.24, 2.45) is 10.8 Å². The van der Waals surface area contributed by atoms with Crippen LogP contribution in [0.4, 0.5) is 0 Å². The molecule has 0 saturated heterocycles. The minimum absolute atomic E-state index is 0.0157. The molecule has 3 aliphatic rings. The van der Waals surface area contributed by atoms with Crippen LogP contribution in [0.5, 0.6) is 0 Å². The smallest absolute Gasteiger partial charge is 0.315 e. The van der Waals surface area contributed by atoms with Gasteiger partial charge < -0.3 is 4.74 Å². The molecule has 0 atom stereocenters. The average molecular weight is 194 g/mol. The molecule has 14 heavy (non-hydrogen) atoms. The maximum atomic E-state index is 11.8. The number of hydrogen-bond acceptors (Lipinski definition) is 2. The number of esters is 1. The molecule has 0 spiro atoms. The van der Waals surface area contributed by atoms with Gasteiger partial charge in [0, 0.05) is 0 Å². The largest absolute Gasteiger partial charge is 0.465 e. The summed E-state index contributed by atoms with van der Waals surface area (Å²) in [6.45, 7) is 4.64. The highest BCUT2D eigenvalue weighted by atomic mass is 16.5. The highest BCUT2D eigenvalue weighted by Crippen LogP contribution is 2.52. The van der Waals surface area contributed by atoms with Crippen molar-refractivity contribution in [3.8, 4) is 0 Å². The van der Waals surface area contributed by atoms with Gasteiger partial charge in [0.05, 0.1) is 12.0 Å². The van der Waals surface area contributed by atoms with Crippen molar-refractivity contribution in [2.45, 2.75) is 39.5 Å². The van der Waals surface area contributed by atoms with Crippen molar-refractivity contribution in [1.29, 1.82) is 0 Å². The fourth-order valence-corrected chi connectivity index (χ4v) is 2.51. The molecule has 0 amide bonds. The van der Waals surface area contributed by atoms with Crippen LogP contribution in [-0.2, 0) is 9.53 Å². The standard InChI is InChI=1S/C12H18O2/c1-3-14-10(13)12-7-4-11(2,5-8-12)6-9-12/h4,7H,3,5-6,8-9H2,1-2H3. The maximum Gasteiger partial charge on any atom is 0.315 e.